The molecular weight excluding hydrogens is 272 g/mol. The molecule has 0 saturated carbocycles. The van der Waals surface area contributed by atoms with Gasteiger partial charge in [-0.25, -0.2) is 4.98 Å². The highest BCUT2D eigenvalue weighted by Gasteiger charge is 2.21. The lowest BCUT2D eigenvalue weighted by molar-refractivity contribution is -0.136. The van der Waals surface area contributed by atoms with Gasteiger partial charge in [-0.15, -0.1) is 0 Å². The number of carboxylic acids is 1. The minimum Gasteiger partial charge on any atom is -0.480 e. The fourth-order valence-electron chi connectivity index (χ4n) is 2.56. The van der Waals surface area contributed by atoms with E-state index in [0.717, 1.165) is 31.7 Å². The number of carbonyl (C=O) groups is 2. The van der Waals surface area contributed by atoms with E-state index >= 15 is 0 Å². The Morgan fingerprint density at radius 1 is 1.48 bits per heavy atom. The van der Waals surface area contributed by atoms with Gasteiger partial charge in [0.1, 0.15) is 11.5 Å². The number of amides is 1. The van der Waals surface area contributed by atoms with Crippen molar-refractivity contribution in [2.24, 2.45) is 11.7 Å². The highest BCUT2D eigenvalue weighted by molar-refractivity contribution is 5.91. The van der Waals surface area contributed by atoms with Crippen LogP contribution >= 0.6 is 0 Å². The summed E-state index contributed by atoms with van der Waals surface area (Å²) in [5, 5.41) is 11.6. The maximum Gasteiger partial charge on any atom is 0.317 e. The third-order valence-electron chi connectivity index (χ3n) is 3.54. The van der Waals surface area contributed by atoms with Crippen LogP contribution in [0.15, 0.2) is 18.2 Å². The molecule has 2 heterocycles. The molecule has 1 aliphatic heterocycles. The standard InChI is InChI=1S/C14H20N4O3/c15-14(21)11-4-1-5-12(17-11)18-6-2-3-10(9-18)7-16-8-13(19)20/h1,4-5,10,16H,2-3,6-9H2,(H2,15,21)(H,19,20). The lowest BCUT2D eigenvalue weighted by Gasteiger charge is -2.33. The van der Waals surface area contributed by atoms with Crippen molar-refractivity contribution >= 4 is 17.7 Å². The number of rotatable bonds is 6. The number of carboxylic acid groups (broad SMARTS) is 1. The van der Waals surface area contributed by atoms with Crippen molar-refractivity contribution < 1.29 is 14.7 Å². The average Bonchev–Trinajstić information content (AvgIpc) is 2.47. The Kier molecular flexibility index (Phi) is 5.10. The summed E-state index contributed by atoms with van der Waals surface area (Å²) in [7, 11) is 0. The van der Waals surface area contributed by atoms with Crippen molar-refractivity contribution in [1.29, 1.82) is 0 Å². The fraction of sp³-hybridized carbons (Fsp3) is 0.500. The lowest BCUT2D eigenvalue weighted by Crippen LogP contribution is -2.41. The number of anilines is 1. The zero-order valence-corrected chi connectivity index (χ0v) is 11.8. The summed E-state index contributed by atoms with van der Waals surface area (Å²) < 4.78 is 0. The van der Waals surface area contributed by atoms with Crippen molar-refractivity contribution in [3.63, 3.8) is 0 Å². The smallest absolute Gasteiger partial charge is 0.317 e. The van der Waals surface area contributed by atoms with Crippen LogP contribution in [-0.2, 0) is 4.79 Å². The maximum atomic E-state index is 11.2. The summed E-state index contributed by atoms with van der Waals surface area (Å²) in [5.74, 6) is -0.265. The quantitative estimate of drug-likeness (QED) is 0.684. The van der Waals surface area contributed by atoms with E-state index in [2.05, 4.69) is 15.2 Å². The number of hydrogen-bond donors (Lipinski definition) is 3. The molecular formula is C14H20N4O3. The summed E-state index contributed by atoms with van der Waals surface area (Å²) in [5.41, 5.74) is 5.51. The number of hydrogen-bond acceptors (Lipinski definition) is 5. The normalized spacial score (nSPS) is 18.5. The van der Waals surface area contributed by atoms with Gasteiger partial charge in [0, 0.05) is 19.6 Å². The van der Waals surface area contributed by atoms with Crippen LogP contribution in [0.3, 0.4) is 0 Å². The van der Waals surface area contributed by atoms with Gasteiger partial charge in [-0.1, -0.05) is 6.07 Å². The molecule has 2 rings (SSSR count). The molecule has 0 bridgehead atoms. The SMILES string of the molecule is NC(=O)c1cccc(N2CCCC(CNCC(=O)O)C2)n1. The third kappa shape index (κ3) is 4.42. The van der Waals surface area contributed by atoms with Crippen LogP contribution in [0.5, 0.6) is 0 Å². The number of nitrogens with one attached hydrogen (secondary N) is 1. The van der Waals surface area contributed by atoms with Gasteiger partial charge in [0.05, 0.1) is 6.54 Å². The topological polar surface area (TPSA) is 109 Å². The van der Waals surface area contributed by atoms with E-state index in [1.807, 2.05) is 6.07 Å². The number of nitrogens with two attached hydrogens (primary N) is 1. The Morgan fingerprint density at radius 2 is 2.29 bits per heavy atom. The van der Waals surface area contributed by atoms with E-state index in [1.165, 1.54) is 0 Å². The van der Waals surface area contributed by atoms with E-state index in [0.29, 0.717) is 12.5 Å². The second-order valence-corrected chi connectivity index (χ2v) is 5.22. The number of nitrogens with zero attached hydrogens (tertiary/aromatic N) is 2. The Morgan fingerprint density at radius 3 is 3.00 bits per heavy atom. The summed E-state index contributed by atoms with van der Waals surface area (Å²) in [6.07, 6.45) is 2.07. The monoisotopic (exact) mass is 292 g/mol. The molecule has 1 unspecified atom stereocenters. The first kappa shape index (κ1) is 15.2. The second kappa shape index (κ2) is 7.03. The van der Waals surface area contributed by atoms with Crippen LogP contribution in [0.2, 0.25) is 0 Å². The van der Waals surface area contributed by atoms with Crippen LogP contribution in [0.1, 0.15) is 23.3 Å². The lowest BCUT2D eigenvalue weighted by atomic mass is 9.98. The van der Waals surface area contributed by atoms with E-state index in [-0.39, 0.29) is 12.2 Å². The molecule has 21 heavy (non-hydrogen) atoms. The fourth-order valence-corrected chi connectivity index (χ4v) is 2.56. The van der Waals surface area contributed by atoms with E-state index < -0.39 is 11.9 Å². The van der Waals surface area contributed by atoms with Gasteiger partial charge >= 0.3 is 5.97 Å². The van der Waals surface area contributed by atoms with Crippen molar-refractivity contribution in [3.05, 3.63) is 23.9 Å². The Bertz CT molecular complexity index is 521. The van der Waals surface area contributed by atoms with Crippen molar-refractivity contribution in [1.82, 2.24) is 10.3 Å². The molecule has 7 heteroatoms. The molecule has 0 aromatic carbocycles. The van der Waals surface area contributed by atoms with Crippen molar-refractivity contribution in [2.75, 3.05) is 31.1 Å². The third-order valence-corrected chi connectivity index (χ3v) is 3.54. The second-order valence-electron chi connectivity index (χ2n) is 5.22. The van der Waals surface area contributed by atoms with Gasteiger partial charge in [-0.05, 0) is 30.9 Å². The highest BCUT2D eigenvalue weighted by atomic mass is 16.4. The molecule has 1 amide bonds. The molecule has 1 saturated heterocycles. The van der Waals surface area contributed by atoms with Crippen LogP contribution in [0.4, 0.5) is 5.82 Å². The summed E-state index contributed by atoms with van der Waals surface area (Å²) in [6.45, 7) is 2.32. The molecule has 7 nitrogen and oxygen atoms in total. The van der Waals surface area contributed by atoms with Crippen molar-refractivity contribution in [2.45, 2.75) is 12.8 Å². The number of pyridine rings is 1. The largest absolute Gasteiger partial charge is 0.480 e. The molecule has 0 radical (unpaired) electrons. The van der Waals surface area contributed by atoms with Gasteiger partial charge in [-0.3, -0.25) is 9.59 Å². The summed E-state index contributed by atoms with van der Waals surface area (Å²) in [6, 6.07) is 5.23. The molecule has 1 fully saturated rings. The Hall–Kier alpha value is -2.15. The number of primary amides is 1. The van der Waals surface area contributed by atoms with Gasteiger partial charge in [0.2, 0.25) is 0 Å². The van der Waals surface area contributed by atoms with Gasteiger partial charge in [-0.2, -0.15) is 0 Å². The van der Waals surface area contributed by atoms with Gasteiger partial charge in [0.25, 0.3) is 5.91 Å². The van der Waals surface area contributed by atoms with E-state index in [4.69, 9.17) is 10.8 Å². The first-order chi connectivity index (χ1) is 10.1. The van der Waals surface area contributed by atoms with Crippen molar-refractivity contribution in [3.8, 4) is 0 Å². The molecule has 1 atom stereocenters. The zero-order valence-electron chi connectivity index (χ0n) is 11.8. The first-order valence-corrected chi connectivity index (χ1v) is 7.00. The first-order valence-electron chi connectivity index (χ1n) is 7.00. The zero-order chi connectivity index (χ0) is 15.2. The molecule has 1 aromatic heterocycles. The van der Waals surface area contributed by atoms with E-state index in [9.17, 15) is 9.59 Å². The molecule has 114 valence electrons. The van der Waals surface area contributed by atoms with Crippen LogP contribution < -0.4 is 16.0 Å². The predicted octanol–water partition coefficient (Wildman–Crippen LogP) is 0.0711. The summed E-state index contributed by atoms with van der Waals surface area (Å²) in [4.78, 5) is 28.1. The summed E-state index contributed by atoms with van der Waals surface area (Å²) >= 11 is 0. The van der Waals surface area contributed by atoms with Crippen LogP contribution in [0, 0.1) is 5.92 Å². The Balaban J connectivity index is 1.95. The number of aliphatic carboxylic acids is 1. The average molecular weight is 292 g/mol. The molecule has 0 spiro atoms. The van der Waals surface area contributed by atoms with Crippen LogP contribution in [-0.4, -0.2) is 48.1 Å². The minimum absolute atomic E-state index is 0.0219. The van der Waals surface area contributed by atoms with Gasteiger partial charge < -0.3 is 21.1 Å². The van der Waals surface area contributed by atoms with Crippen LogP contribution in [0.25, 0.3) is 0 Å². The highest BCUT2D eigenvalue weighted by Crippen LogP contribution is 2.21. The molecule has 4 N–H and O–H groups in total. The molecule has 0 aliphatic carbocycles. The molecule has 1 aromatic rings. The number of piperidine rings is 1. The Labute approximate surface area is 123 Å². The van der Waals surface area contributed by atoms with E-state index in [1.54, 1.807) is 12.1 Å². The maximum absolute atomic E-state index is 11.2. The van der Waals surface area contributed by atoms with Gasteiger partial charge in [0.15, 0.2) is 0 Å². The molecule has 1 aliphatic rings. The predicted molar refractivity (Wildman–Crippen MR) is 78.2 cm³/mol. The number of aromatic nitrogens is 1. The number of carbonyl (C=O) groups excluding carboxylic acids is 1. The minimum atomic E-state index is -0.849.